The SMILES string of the molecule is CCCCC/C=C\C/C=C\CCCCCCCC(=O)OC(CCCCCCCCCCC)CCCCCCCC(=O)NC(CCCN)C(=O)O. The van der Waals surface area contributed by atoms with Gasteiger partial charge in [-0.3, -0.25) is 9.59 Å². The van der Waals surface area contributed by atoms with Crippen LogP contribution in [0.5, 0.6) is 0 Å². The summed E-state index contributed by atoms with van der Waals surface area (Å²) in [6.45, 7) is 4.91. The van der Waals surface area contributed by atoms with Gasteiger partial charge in [-0.25, -0.2) is 4.79 Å². The molecule has 0 saturated heterocycles. The van der Waals surface area contributed by atoms with Gasteiger partial charge in [0.05, 0.1) is 0 Å². The van der Waals surface area contributed by atoms with Gasteiger partial charge >= 0.3 is 11.9 Å². The van der Waals surface area contributed by atoms with Gasteiger partial charge in [0.25, 0.3) is 0 Å². The average molecular weight is 705 g/mol. The molecule has 292 valence electrons. The highest BCUT2D eigenvalue weighted by Gasteiger charge is 2.19. The van der Waals surface area contributed by atoms with E-state index < -0.39 is 12.0 Å². The van der Waals surface area contributed by atoms with E-state index in [0.29, 0.717) is 32.2 Å². The largest absolute Gasteiger partial charge is 0.480 e. The summed E-state index contributed by atoms with van der Waals surface area (Å²) in [5, 5.41) is 11.9. The number of ether oxygens (including phenoxy) is 1. The predicted molar refractivity (Wildman–Crippen MR) is 211 cm³/mol. The maximum Gasteiger partial charge on any atom is 0.326 e. The third-order valence-electron chi connectivity index (χ3n) is 9.52. The van der Waals surface area contributed by atoms with Crippen LogP contribution in [-0.2, 0) is 19.1 Å². The summed E-state index contributed by atoms with van der Waals surface area (Å²) in [4.78, 5) is 36.3. The minimum atomic E-state index is -1.00. The lowest BCUT2D eigenvalue weighted by atomic mass is 10.0. The van der Waals surface area contributed by atoms with E-state index in [1.165, 1.54) is 96.3 Å². The number of carboxylic acid groups (broad SMARTS) is 1. The summed E-state index contributed by atoms with van der Waals surface area (Å²) in [7, 11) is 0. The van der Waals surface area contributed by atoms with Crippen molar-refractivity contribution in [1.82, 2.24) is 5.32 Å². The Bertz CT molecular complexity index is 843. The standard InChI is InChI=1S/C43H80N2O5/c1-3-5-7-9-11-13-14-15-16-17-18-20-22-27-31-37-42(47)50-39(33-28-24-21-19-12-10-8-6-4-2)34-29-25-23-26-30-36-41(46)45-40(43(48)49)35-32-38-44/h11,13,15-16,39-40H,3-10,12,14,17-38,44H2,1-2H3,(H,45,46)(H,48,49)/b13-11-,16-15-. The number of nitrogens with one attached hydrogen (secondary N) is 1. The fraction of sp³-hybridized carbons (Fsp3) is 0.837. The topological polar surface area (TPSA) is 119 Å². The molecule has 1 amide bonds. The van der Waals surface area contributed by atoms with Crippen molar-refractivity contribution in [1.29, 1.82) is 0 Å². The molecule has 0 bridgehead atoms. The molecule has 0 aliphatic heterocycles. The van der Waals surface area contributed by atoms with E-state index in [1.807, 2.05) is 0 Å². The van der Waals surface area contributed by atoms with Gasteiger partial charge in [-0.2, -0.15) is 0 Å². The van der Waals surface area contributed by atoms with Crippen LogP contribution in [0, 0.1) is 0 Å². The van der Waals surface area contributed by atoms with E-state index >= 15 is 0 Å². The monoisotopic (exact) mass is 705 g/mol. The third-order valence-corrected chi connectivity index (χ3v) is 9.52. The summed E-state index contributed by atoms with van der Waals surface area (Å²) in [6, 6.07) is -0.855. The van der Waals surface area contributed by atoms with E-state index in [0.717, 1.165) is 77.0 Å². The number of carbonyl (C=O) groups excluding carboxylic acids is 2. The molecule has 7 nitrogen and oxygen atoms in total. The third kappa shape index (κ3) is 34.3. The van der Waals surface area contributed by atoms with Gasteiger partial charge in [-0.05, 0) is 90.0 Å². The molecule has 0 aromatic carbocycles. The van der Waals surface area contributed by atoms with E-state index in [9.17, 15) is 19.5 Å². The summed E-state index contributed by atoms with van der Waals surface area (Å²) in [5.41, 5.74) is 5.48. The Morgan fingerprint density at radius 2 is 1.04 bits per heavy atom. The first-order chi connectivity index (χ1) is 24.4. The molecular weight excluding hydrogens is 624 g/mol. The lowest BCUT2D eigenvalue weighted by molar-refractivity contribution is -0.150. The zero-order valence-corrected chi connectivity index (χ0v) is 32.7. The molecule has 2 unspecified atom stereocenters. The van der Waals surface area contributed by atoms with Crippen molar-refractivity contribution in [2.24, 2.45) is 5.73 Å². The van der Waals surface area contributed by atoms with Crippen molar-refractivity contribution in [2.75, 3.05) is 6.54 Å². The number of hydrogen-bond acceptors (Lipinski definition) is 5. The summed E-state index contributed by atoms with van der Waals surface area (Å²) < 4.78 is 6.02. The molecule has 0 aliphatic rings. The van der Waals surface area contributed by atoms with Crippen LogP contribution in [-0.4, -0.2) is 41.6 Å². The predicted octanol–water partition coefficient (Wildman–Crippen LogP) is 11.7. The van der Waals surface area contributed by atoms with Gasteiger partial charge in [-0.1, -0.05) is 141 Å². The molecule has 7 heteroatoms. The van der Waals surface area contributed by atoms with Crippen LogP contribution < -0.4 is 11.1 Å². The number of nitrogens with two attached hydrogens (primary N) is 1. The second-order valence-electron chi connectivity index (χ2n) is 14.4. The second-order valence-corrected chi connectivity index (χ2v) is 14.4. The van der Waals surface area contributed by atoms with Crippen LogP contribution in [0.4, 0.5) is 0 Å². The molecule has 0 saturated carbocycles. The van der Waals surface area contributed by atoms with Crippen molar-refractivity contribution >= 4 is 17.8 Å². The summed E-state index contributed by atoms with van der Waals surface area (Å²) in [6.07, 6.45) is 42.2. The van der Waals surface area contributed by atoms with Crippen LogP contribution in [0.25, 0.3) is 0 Å². The minimum Gasteiger partial charge on any atom is -0.480 e. The Hall–Kier alpha value is -2.15. The number of carboxylic acids is 1. The molecule has 0 spiro atoms. The first-order valence-corrected chi connectivity index (χ1v) is 21.2. The highest BCUT2D eigenvalue weighted by atomic mass is 16.5. The first-order valence-electron chi connectivity index (χ1n) is 21.2. The maximum atomic E-state index is 12.7. The Labute approximate surface area is 308 Å². The average Bonchev–Trinajstić information content (AvgIpc) is 3.10. The molecule has 0 rings (SSSR count). The molecule has 0 fully saturated rings. The van der Waals surface area contributed by atoms with Crippen molar-refractivity contribution < 1.29 is 24.2 Å². The number of carbonyl (C=O) groups is 3. The molecule has 0 heterocycles. The van der Waals surface area contributed by atoms with Crippen molar-refractivity contribution in [3.8, 4) is 0 Å². The van der Waals surface area contributed by atoms with E-state index in [4.69, 9.17) is 10.5 Å². The normalized spacial score (nSPS) is 12.9. The molecule has 4 N–H and O–H groups in total. The molecule has 0 aromatic rings. The quantitative estimate of drug-likeness (QED) is 0.0334. The first kappa shape index (κ1) is 47.8. The molecule has 0 aromatic heterocycles. The number of hydrogen-bond donors (Lipinski definition) is 3. The molecule has 0 aliphatic carbocycles. The Morgan fingerprint density at radius 1 is 0.580 bits per heavy atom. The molecular formula is C43H80N2O5. The number of rotatable bonds is 38. The highest BCUT2D eigenvalue weighted by molar-refractivity contribution is 5.83. The minimum absolute atomic E-state index is 0.0114. The van der Waals surface area contributed by atoms with Crippen LogP contribution in [0.1, 0.15) is 213 Å². The van der Waals surface area contributed by atoms with Gasteiger partial charge < -0.3 is 20.9 Å². The van der Waals surface area contributed by atoms with Gasteiger partial charge in [0, 0.05) is 12.8 Å². The lowest BCUT2D eigenvalue weighted by Gasteiger charge is -2.18. The zero-order valence-electron chi connectivity index (χ0n) is 32.7. The lowest BCUT2D eigenvalue weighted by Crippen LogP contribution is -2.40. The van der Waals surface area contributed by atoms with Crippen LogP contribution >= 0.6 is 0 Å². The van der Waals surface area contributed by atoms with Crippen LogP contribution in [0.3, 0.4) is 0 Å². The van der Waals surface area contributed by atoms with Gasteiger partial charge in [-0.15, -0.1) is 0 Å². The number of esters is 1. The Kier molecular flexibility index (Phi) is 36.5. The van der Waals surface area contributed by atoms with Crippen LogP contribution in [0.2, 0.25) is 0 Å². The van der Waals surface area contributed by atoms with Crippen molar-refractivity contribution in [3.63, 3.8) is 0 Å². The van der Waals surface area contributed by atoms with E-state index in [2.05, 4.69) is 43.5 Å². The van der Waals surface area contributed by atoms with Gasteiger partial charge in [0.1, 0.15) is 12.1 Å². The Balaban J connectivity index is 4.28. The number of aliphatic carboxylic acids is 1. The van der Waals surface area contributed by atoms with Crippen LogP contribution in [0.15, 0.2) is 24.3 Å². The van der Waals surface area contributed by atoms with E-state index in [1.54, 1.807) is 0 Å². The number of amides is 1. The highest BCUT2D eigenvalue weighted by Crippen LogP contribution is 2.19. The van der Waals surface area contributed by atoms with Crippen molar-refractivity contribution in [3.05, 3.63) is 24.3 Å². The molecule has 2 atom stereocenters. The van der Waals surface area contributed by atoms with E-state index in [-0.39, 0.29) is 18.0 Å². The van der Waals surface area contributed by atoms with Gasteiger partial charge in [0.2, 0.25) is 5.91 Å². The zero-order chi connectivity index (χ0) is 36.8. The van der Waals surface area contributed by atoms with Gasteiger partial charge in [0.15, 0.2) is 0 Å². The van der Waals surface area contributed by atoms with Crippen molar-refractivity contribution in [2.45, 2.75) is 225 Å². The smallest absolute Gasteiger partial charge is 0.326 e. The maximum absolute atomic E-state index is 12.7. The summed E-state index contributed by atoms with van der Waals surface area (Å²) in [5.74, 6) is -1.24. The second kappa shape index (κ2) is 38.1. The number of unbranched alkanes of at least 4 members (excludes halogenated alkanes) is 20. The summed E-state index contributed by atoms with van der Waals surface area (Å²) >= 11 is 0. The molecule has 0 radical (unpaired) electrons. The fourth-order valence-corrected chi connectivity index (χ4v) is 6.30. The Morgan fingerprint density at radius 3 is 1.58 bits per heavy atom. The molecule has 50 heavy (non-hydrogen) atoms. The fourth-order valence-electron chi connectivity index (χ4n) is 6.30. The number of allylic oxidation sites excluding steroid dienone is 4.